The Morgan fingerprint density at radius 2 is 2.12 bits per heavy atom. The zero-order chi connectivity index (χ0) is 13.1. The Morgan fingerprint density at radius 1 is 1.47 bits per heavy atom. The molecule has 0 aliphatic rings. The van der Waals surface area contributed by atoms with Crippen LogP contribution in [0.5, 0.6) is 0 Å². The molecule has 1 aromatic rings. The highest BCUT2D eigenvalue weighted by Gasteiger charge is 2.26. The van der Waals surface area contributed by atoms with Crippen LogP contribution in [0.4, 0.5) is 5.69 Å². The summed E-state index contributed by atoms with van der Waals surface area (Å²) < 4.78 is 0. The summed E-state index contributed by atoms with van der Waals surface area (Å²) in [4.78, 5) is 0. The number of nitrogens with two attached hydrogens (primary N) is 1. The Kier molecular flexibility index (Phi) is 4.14. The molecule has 3 nitrogen and oxygen atoms in total. The molecule has 3 N–H and O–H groups in total. The van der Waals surface area contributed by atoms with Gasteiger partial charge in [-0.15, -0.1) is 0 Å². The zero-order valence-electron chi connectivity index (χ0n) is 11.0. The molecule has 1 atom stereocenters. The van der Waals surface area contributed by atoms with Crippen LogP contribution in [0.25, 0.3) is 0 Å². The third kappa shape index (κ3) is 2.98. The average molecular weight is 231 g/mol. The predicted octanol–water partition coefficient (Wildman–Crippen LogP) is 2.65. The molecule has 0 radical (unpaired) electrons. The molecule has 3 heteroatoms. The Bertz CT molecular complexity index is 432. The summed E-state index contributed by atoms with van der Waals surface area (Å²) in [5.74, 6) is 0.434. The van der Waals surface area contributed by atoms with Gasteiger partial charge in [-0.3, -0.25) is 0 Å². The lowest BCUT2D eigenvalue weighted by molar-refractivity contribution is 0.382. The molecule has 0 heterocycles. The number of nitrogens with one attached hydrogen (secondary N) is 1. The minimum absolute atomic E-state index is 0.124. The van der Waals surface area contributed by atoms with Gasteiger partial charge in [0.25, 0.3) is 0 Å². The van der Waals surface area contributed by atoms with Crippen molar-refractivity contribution in [2.75, 3.05) is 11.9 Å². The van der Waals surface area contributed by atoms with Gasteiger partial charge in [-0.25, -0.2) is 0 Å². The molecule has 0 saturated carbocycles. The number of hydrogen-bond donors (Lipinski definition) is 2. The largest absolute Gasteiger partial charge is 0.378 e. The van der Waals surface area contributed by atoms with Crippen molar-refractivity contribution in [3.05, 3.63) is 29.3 Å². The SMILES string of the molecule is Cc1cc(NC(C)(CN)C(C)C)ccc1C#N. The van der Waals surface area contributed by atoms with Gasteiger partial charge in [0.15, 0.2) is 0 Å². The lowest BCUT2D eigenvalue weighted by atomic mass is 9.88. The van der Waals surface area contributed by atoms with E-state index >= 15 is 0 Å². The van der Waals surface area contributed by atoms with E-state index in [1.807, 2.05) is 25.1 Å². The van der Waals surface area contributed by atoms with Gasteiger partial charge >= 0.3 is 0 Å². The molecule has 0 aromatic heterocycles. The standard InChI is InChI=1S/C14H21N3/c1-10(2)14(4,9-16)17-13-6-5-12(8-15)11(3)7-13/h5-7,10,17H,9,16H2,1-4H3. The van der Waals surface area contributed by atoms with Crippen LogP contribution >= 0.6 is 0 Å². The van der Waals surface area contributed by atoms with Crippen LogP contribution in [-0.4, -0.2) is 12.1 Å². The van der Waals surface area contributed by atoms with Gasteiger partial charge in [0, 0.05) is 17.8 Å². The summed E-state index contributed by atoms with van der Waals surface area (Å²) in [5.41, 5.74) is 8.43. The quantitative estimate of drug-likeness (QED) is 0.837. The van der Waals surface area contributed by atoms with Crippen molar-refractivity contribution in [3.63, 3.8) is 0 Å². The lowest BCUT2D eigenvalue weighted by Gasteiger charge is -2.34. The van der Waals surface area contributed by atoms with Gasteiger partial charge in [0.1, 0.15) is 0 Å². The zero-order valence-corrected chi connectivity index (χ0v) is 11.0. The molecular formula is C14H21N3. The fourth-order valence-electron chi connectivity index (χ4n) is 1.63. The van der Waals surface area contributed by atoms with Crippen LogP contribution in [0.3, 0.4) is 0 Å². The van der Waals surface area contributed by atoms with Crippen molar-refractivity contribution in [2.24, 2.45) is 11.7 Å². The highest BCUT2D eigenvalue weighted by atomic mass is 15.0. The molecule has 0 bridgehead atoms. The normalized spacial score (nSPS) is 14.2. The molecule has 17 heavy (non-hydrogen) atoms. The van der Waals surface area contributed by atoms with Crippen molar-refractivity contribution in [1.29, 1.82) is 5.26 Å². The Hall–Kier alpha value is -1.53. The molecule has 0 aliphatic heterocycles. The number of benzene rings is 1. The summed E-state index contributed by atoms with van der Waals surface area (Å²) >= 11 is 0. The van der Waals surface area contributed by atoms with Gasteiger partial charge in [0.2, 0.25) is 0 Å². The monoisotopic (exact) mass is 231 g/mol. The third-order valence-corrected chi connectivity index (χ3v) is 3.48. The number of hydrogen-bond acceptors (Lipinski definition) is 3. The van der Waals surface area contributed by atoms with Crippen LogP contribution in [-0.2, 0) is 0 Å². The molecule has 92 valence electrons. The molecule has 0 spiro atoms. The van der Waals surface area contributed by atoms with E-state index in [1.165, 1.54) is 0 Å². The fourth-order valence-corrected chi connectivity index (χ4v) is 1.63. The van der Waals surface area contributed by atoms with Crippen LogP contribution in [0, 0.1) is 24.2 Å². The molecule has 0 fully saturated rings. The Labute approximate surface area is 104 Å². The Balaban J connectivity index is 2.96. The van der Waals surface area contributed by atoms with E-state index in [4.69, 9.17) is 11.0 Å². The van der Waals surface area contributed by atoms with E-state index < -0.39 is 0 Å². The minimum Gasteiger partial charge on any atom is -0.378 e. The highest BCUT2D eigenvalue weighted by molar-refractivity contribution is 5.53. The summed E-state index contributed by atoms with van der Waals surface area (Å²) in [5, 5.41) is 12.3. The topological polar surface area (TPSA) is 61.8 Å². The van der Waals surface area contributed by atoms with E-state index in [1.54, 1.807) is 0 Å². The van der Waals surface area contributed by atoms with Crippen molar-refractivity contribution in [3.8, 4) is 6.07 Å². The second kappa shape index (κ2) is 5.20. The molecule has 0 aliphatic carbocycles. The summed E-state index contributed by atoms with van der Waals surface area (Å²) in [6.45, 7) is 8.93. The molecule has 1 rings (SSSR count). The lowest BCUT2D eigenvalue weighted by Crippen LogP contribution is -2.47. The van der Waals surface area contributed by atoms with Crippen LogP contribution in [0.15, 0.2) is 18.2 Å². The maximum absolute atomic E-state index is 8.89. The molecular weight excluding hydrogens is 210 g/mol. The van der Waals surface area contributed by atoms with Crippen molar-refractivity contribution < 1.29 is 0 Å². The molecule has 0 amide bonds. The second-order valence-electron chi connectivity index (χ2n) is 5.04. The predicted molar refractivity (Wildman–Crippen MR) is 71.8 cm³/mol. The summed E-state index contributed by atoms with van der Waals surface area (Å²) in [7, 11) is 0. The number of nitrogens with zero attached hydrogens (tertiary/aromatic N) is 1. The number of anilines is 1. The molecule has 0 saturated heterocycles. The van der Waals surface area contributed by atoms with Gasteiger partial charge in [-0.2, -0.15) is 5.26 Å². The van der Waals surface area contributed by atoms with Crippen LogP contribution in [0.2, 0.25) is 0 Å². The second-order valence-corrected chi connectivity index (χ2v) is 5.04. The minimum atomic E-state index is -0.124. The first-order chi connectivity index (χ1) is 7.92. The van der Waals surface area contributed by atoms with Crippen molar-refractivity contribution >= 4 is 5.69 Å². The van der Waals surface area contributed by atoms with E-state index in [-0.39, 0.29) is 5.54 Å². The smallest absolute Gasteiger partial charge is 0.0994 e. The van der Waals surface area contributed by atoms with Crippen LogP contribution in [0.1, 0.15) is 31.9 Å². The summed E-state index contributed by atoms with van der Waals surface area (Å²) in [6, 6.07) is 7.94. The van der Waals surface area contributed by atoms with Crippen molar-refractivity contribution in [2.45, 2.75) is 33.2 Å². The van der Waals surface area contributed by atoms with Gasteiger partial charge in [-0.1, -0.05) is 13.8 Å². The first kappa shape index (κ1) is 13.5. The van der Waals surface area contributed by atoms with Gasteiger partial charge < -0.3 is 11.1 Å². The first-order valence-electron chi connectivity index (χ1n) is 5.92. The first-order valence-corrected chi connectivity index (χ1v) is 5.92. The average Bonchev–Trinajstić information content (AvgIpc) is 2.29. The highest BCUT2D eigenvalue weighted by Crippen LogP contribution is 2.23. The van der Waals surface area contributed by atoms with E-state index in [9.17, 15) is 0 Å². The number of aryl methyl sites for hydroxylation is 1. The number of rotatable bonds is 4. The number of nitriles is 1. The Morgan fingerprint density at radius 3 is 2.53 bits per heavy atom. The maximum atomic E-state index is 8.89. The maximum Gasteiger partial charge on any atom is 0.0994 e. The van der Waals surface area contributed by atoms with Gasteiger partial charge in [0.05, 0.1) is 11.6 Å². The molecule has 1 unspecified atom stereocenters. The summed E-state index contributed by atoms with van der Waals surface area (Å²) in [6.07, 6.45) is 0. The fraction of sp³-hybridized carbons (Fsp3) is 0.500. The van der Waals surface area contributed by atoms with Crippen LogP contribution < -0.4 is 11.1 Å². The molecule has 1 aromatic carbocycles. The van der Waals surface area contributed by atoms with E-state index in [0.29, 0.717) is 12.5 Å². The van der Waals surface area contributed by atoms with E-state index in [0.717, 1.165) is 16.8 Å². The van der Waals surface area contributed by atoms with Crippen molar-refractivity contribution in [1.82, 2.24) is 0 Å². The van der Waals surface area contributed by atoms with Gasteiger partial charge in [-0.05, 0) is 43.5 Å². The third-order valence-electron chi connectivity index (χ3n) is 3.48. The van der Waals surface area contributed by atoms with E-state index in [2.05, 4.69) is 32.2 Å².